The summed E-state index contributed by atoms with van der Waals surface area (Å²) < 4.78 is 7.71. The zero-order valence-corrected chi connectivity index (χ0v) is 13.1. The van der Waals surface area contributed by atoms with Crippen molar-refractivity contribution < 1.29 is 9.53 Å². The molecule has 120 valence electrons. The van der Waals surface area contributed by atoms with E-state index in [2.05, 4.69) is 5.10 Å². The van der Waals surface area contributed by atoms with Crippen LogP contribution < -0.4 is 9.64 Å². The molecule has 0 radical (unpaired) electrons. The van der Waals surface area contributed by atoms with E-state index < -0.39 is 0 Å². The molecule has 1 fully saturated rings. The molecule has 1 amide bonds. The van der Waals surface area contributed by atoms with Gasteiger partial charge in [0.15, 0.2) is 0 Å². The Morgan fingerprint density at radius 2 is 2.00 bits per heavy atom. The van der Waals surface area contributed by atoms with Crippen LogP contribution in [0.3, 0.4) is 0 Å². The Morgan fingerprint density at radius 1 is 1.17 bits per heavy atom. The van der Waals surface area contributed by atoms with Crippen LogP contribution in [0.5, 0.6) is 5.75 Å². The number of fused-ring (bicyclic) bond motifs is 1. The van der Waals surface area contributed by atoms with Gasteiger partial charge in [0.1, 0.15) is 23.9 Å². The molecule has 1 saturated carbocycles. The first kappa shape index (κ1) is 14.3. The normalized spacial score (nSPS) is 17.5. The summed E-state index contributed by atoms with van der Waals surface area (Å²) in [5, 5.41) is 4.60. The monoisotopic (exact) mass is 311 g/mol. The number of aryl methyl sites for hydroxylation is 1. The second-order valence-electron chi connectivity index (χ2n) is 6.29. The van der Waals surface area contributed by atoms with Gasteiger partial charge >= 0.3 is 0 Å². The lowest BCUT2D eigenvalue weighted by atomic mass is 9.84. The van der Waals surface area contributed by atoms with E-state index in [0.29, 0.717) is 6.61 Å². The molecule has 2 heterocycles. The molecule has 1 aliphatic heterocycles. The molecular weight excluding hydrogens is 290 g/mol. The van der Waals surface area contributed by atoms with E-state index in [1.165, 1.54) is 6.42 Å². The predicted molar refractivity (Wildman–Crippen MR) is 87.3 cm³/mol. The zero-order valence-electron chi connectivity index (χ0n) is 13.1. The van der Waals surface area contributed by atoms with Crippen LogP contribution in [0, 0.1) is 5.92 Å². The molecule has 5 heteroatoms. The van der Waals surface area contributed by atoms with Gasteiger partial charge in [-0.15, -0.1) is 0 Å². The fourth-order valence-corrected chi connectivity index (χ4v) is 3.18. The minimum atomic E-state index is 0.223. The summed E-state index contributed by atoms with van der Waals surface area (Å²) >= 11 is 0. The van der Waals surface area contributed by atoms with Crippen LogP contribution in [0.15, 0.2) is 36.4 Å². The highest BCUT2D eigenvalue weighted by molar-refractivity contribution is 5.95. The van der Waals surface area contributed by atoms with Crippen LogP contribution in [0.2, 0.25) is 0 Å². The van der Waals surface area contributed by atoms with Gasteiger partial charge in [-0.05, 0) is 31.4 Å². The molecule has 0 N–H and O–H groups in total. The summed E-state index contributed by atoms with van der Waals surface area (Å²) in [6.45, 7) is 2.10. The number of anilines is 1. The topological polar surface area (TPSA) is 47.4 Å². The van der Waals surface area contributed by atoms with Crippen LogP contribution >= 0.6 is 0 Å². The van der Waals surface area contributed by atoms with Crippen LogP contribution in [0.4, 0.5) is 5.82 Å². The summed E-state index contributed by atoms with van der Waals surface area (Å²) in [5.74, 6) is 2.26. The van der Waals surface area contributed by atoms with Gasteiger partial charge in [-0.3, -0.25) is 9.69 Å². The van der Waals surface area contributed by atoms with Crippen molar-refractivity contribution in [3.05, 3.63) is 42.1 Å². The van der Waals surface area contributed by atoms with Crippen molar-refractivity contribution in [2.45, 2.75) is 38.8 Å². The first-order valence-corrected chi connectivity index (χ1v) is 8.37. The number of carbonyl (C=O) groups is 1. The quantitative estimate of drug-likeness (QED) is 0.872. The Morgan fingerprint density at radius 3 is 2.74 bits per heavy atom. The minimum absolute atomic E-state index is 0.223. The zero-order chi connectivity index (χ0) is 15.6. The lowest BCUT2D eigenvalue weighted by Gasteiger charge is -2.33. The fourth-order valence-electron chi connectivity index (χ4n) is 3.18. The number of aromatic nitrogens is 2. The standard InChI is InChI=1S/C18H21N3O2/c22-18(14-6-4-7-14)20-10-5-11-21-17(20)12-15(19-21)13-23-16-8-2-1-3-9-16/h1-3,8-9,12,14H,4-7,10-11,13H2. The first-order valence-electron chi connectivity index (χ1n) is 8.37. The van der Waals surface area contributed by atoms with E-state index in [-0.39, 0.29) is 11.8 Å². The van der Waals surface area contributed by atoms with Crippen molar-refractivity contribution in [1.29, 1.82) is 0 Å². The van der Waals surface area contributed by atoms with E-state index in [9.17, 15) is 4.79 Å². The smallest absolute Gasteiger partial charge is 0.231 e. The predicted octanol–water partition coefficient (Wildman–Crippen LogP) is 3.00. The van der Waals surface area contributed by atoms with Gasteiger partial charge in [0, 0.05) is 25.1 Å². The minimum Gasteiger partial charge on any atom is -0.487 e. The largest absolute Gasteiger partial charge is 0.487 e. The summed E-state index contributed by atoms with van der Waals surface area (Å²) in [6, 6.07) is 11.7. The van der Waals surface area contributed by atoms with Crippen molar-refractivity contribution in [1.82, 2.24) is 9.78 Å². The van der Waals surface area contributed by atoms with Crippen LogP contribution in [-0.2, 0) is 17.9 Å². The summed E-state index contributed by atoms with van der Waals surface area (Å²) in [4.78, 5) is 14.5. The maximum Gasteiger partial charge on any atom is 0.231 e. The number of rotatable bonds is 4. The van der Waals surface area contributed by atoms with Gasteiger partial charge in [-0.1, -0.05) is 24.6 Å². The molecule has 0 saturated heterocycles. The van der Waals surface area contributed by atoms with Crippen LogP contribution in [0.1, 0.15) is 31.4 Å². The van der Waals surface area contributed by atoms with E-state index in [1.54, 1.807) is 0 Å². The van der Waals surface area contributed by atoms with Crippen molar-refractivity contribution in [2.75, 3.05) is 11.4 Å². The fraction of sp³-hybridized carbons (Fsp3) is 0.444. The van der Waals surface area contributed by atoms with E-state index >= 15 is 0 Å². The highest BCUT2D eigenvalue weighted by Crippen LogP contribution is 2.32. The molecule has 2 aliphatic rings. The molecule has 1 aliphatic carbocycles. The van der Waals surface area contributed by atoms with Gasteiger partial charge in [0.05, 0.1) is 0 Å². The van der Waals surface area contributed by atoms with Gasteiger partial charge in [0.25, 0.3) is 0 Å². The number of amides is 1. The third-order valence-corrected chi connectivity index (χ3v) is 4.69. The lowest BCUT2D eigenvalue weighted by molar-refractivity contribution is -0.124. The summed E-state index contributed by atoms with van der Waals surface area (Å²) in [7, 11) is 0. The second kappa shape index (κ2) is 6.07. The van der Waals surface area contributed by atoms with Crippen LogP contribution in [0.25, 0.3) is 0 Å². The molecule has 23 heavy (non-hydrogen) atoms. The van der Waals surface area contributed by atoms with Crippen molar-refractivity contribution in [3.63, 3.8) is 0 Å². The Bertz CT molecular complexity index is 692. The number of para-hydroxylation sites is 1. The van der Waals surface area contributed by atoms with Crippen molar-refractivity contribution in [3.8, 4) is 5.75 Å². The molecule has 0 bridgehead atoms. The number of ether oxygens (including phenoxy) is 1. The number of benzene rings is 1. The van der Waals surface area contributed by atoms with Gasteiger partial charge in [0.2, 0.25) is 5.91 Å². The summed E-state index contributed by atoms with van der Waals surface area (Å²) in [5.41, 5.74) is 0.872. The number of carbonyl (C=O) groups excluding carboxylic acids is 1. The highest BCUT2D eigenvalue weighted by Gasteiger charge is 2.33. The molecular formula is C18H21N3O2. The molecule has 5 nitrogen and oxygen atoms in total. The average Bonchev–Trinajstić information content (AvgIpc) is 2.95. The van der Waals surface area contributed by atoms with Crippen molar-refractivity contribution >= 4 is 11.7 Å². The van der Waals surface area contributed by atoms with Gasteiger partial charge < -0.3 is 4.74 Å². The maximum absolute atomic E-state index is 12.6. The highest BCUT2D eigenvalue weighted by atomic mass is 16.5. The second-order valence-corrected chi connectivity index (χ2v) is 6.29. The van der Waals surface area contributed by atoms with E-state index in [4.69, 9.17) is 4.74 Å². The maximum atomic E-state index is 12.6. The van der Waals surface area contributed by atoms with Gasteiger partial charge in [-0.25, -0.2) is 4.68 Å². The van der Waals surface area contributed by atoms with E-state index in [0.717, 1.165) is 49.6 Å². The van der Waals surface area contributed by atoms with Crippen molar-refractivity contribution in [2.24, 2.45) is 5.92 Å². The molecule has 1 aromatic heterocycles. The molecule has 4 rings (SSSR count). The SMILES string of the molecule is O=C(C1CCC1)N1CCCn2nc(COc3ccccc3)cc21. The number of nitrogens with zero attached hydrogens (tertiary/aromatic N) is 3. The Balaban J connectivity index is 1.49. The molecule has 2 aromatic rings. The van der Waals surface area contributed by atoms with E-state index in [1.807, 2.05) is 46.0 Å². The lowest BCUT2D eigenvalue weighted by Crippen LogP contribution is -2.43. The average molecular weight is 311 g/mol. The third-order valence-electron chi connectivity index (χ3n) is 4.69. The molecule has 0 spiro atoms. The molecule has 1 aromatic carbocycles. The number of hydrogen-bond acceptors (Lipinski definition) is 3. The number of hydrogen-bond donors (Lipinski definition) is 0. The third kappa shape index (κ3) is 2.83. The van der Waals surface area contributed by atoms with Crippen LogP contribution in [-0.4, -0.2) is 22.2 Å². The Hall–Kier alpha value is -2.30. The Labute approximate surface area is 135 Å². The Kier molecular flexibility index (Phi) is 3.77. The molecule has 0 atom stereocenters. The molecule has 0 unspecified atom stereocenters. The van der Waals surface area contributed by atoms with Gasteiger partial charge in [-0.2, -0.15) is 5.10 Å². The summed E-state index contributed by atoms with van der Waals surface area (Å²) in [6.07, 6.45) is 4.21. The first-order chi connectivity index (χ1) is 11.3.